The lowest BCUT2D eigenvalue weighted by atomic mass is 9.91. The summed E-state index contributed by atoms with van der Waals surface area (Å²) in [4.78, 5) is 41.3. The van der Waals surface area contributed by atoms with Crippen LogP contribution in [0.2, 0.25) is 0 Å². The van der Waals surface area contributed by atoms with E-state index in [9.17, 15) is 14.4 Å². The number of hydrogen-bond acceptors (Lipinski definition) is 10. The molecule has 1 fully saturated rings. The molecule has 3 aromatic rings. The van der Waals surface area contributed by atoms with Crippen LogP contribution in [-0.4, -0.2) is 82.6 Å². The Morgan fingerprint density at radius 1 is 0.863 bits per heavy atom. The molecule has 1 N–H and O–H groups in total. The zero-order valence-corrected chi connectivity index (χ0v) is 29.8. The summed E-state index contributed by atoms with van der Waals surface area (Å²) in [5.41, 5.74) is 2.19. The summed E-state index contributed by atoms with van der Waals surface area (Å²) in [6.45, 7) is 3.75. The minimum absolute atomic E-state index is 0.239. The van der Waals surface area contributed by atoms with E-state index >= 15 is 0 Å². The van der Waals surface area contributed by atoms with E-state index in [1.165, 1.54) is 21.3 Å². The minimum atomic E-state index is -1.11. The number of aryl methyl sites for hydroxylation is 1. The number of carbonyl (C=O) groups excluding carboxylic acids is 2. The predicted molar refractivity (Wildman–Crippen MR) is 189 cm³/mol. The topological polar surface area (TPSA) is 139 Å². The smallest absolute Gasteiger partial charge is 0.341 e. The van der Waals surface area contributed by atoms with Gasteiger partial charge in [0.2, 0.25) is 11.7 Å². The third kappa shape index (κ3) is 9.65. The molecule has 274 valence electrons. The van der Waals surface area contributed by atoms with Crippen molar-refractivity contribution in [2.24, 2.45) is 0 Å². The van der Waals surface area contributed by atoms with E-state index in [1.807, 2.05) is 18.2 Å². The lowest BCUT2D eigenvalue weighted by molar-refractivity contribution is -0.162. The maximum atomic E-state index is 14.4. The van der Waals surface area contributed by atoms with Gasteiger partial charge in [0, 0.05) is 6.54 Å². The molecule has 1 amide bonds. The van der Waals surface area contributed by atoms with Crippen LogP contribution in [0.5, 0.6) is 34.5 Å². The van der Waals surface area contributed by atoms with Crippen molar-refractivity contribution in [3.05, 3.63) is 83.9 Å². The van der Waals surface area contributed by atoms with Crippen molar-refractivity contribution in [2.75, 3.05) is 48.7 Å². The van der Waals surface area contributed by atoms with Crippen molar-refractivity contribution < 1.29 is 52.6 Å². The number of carboxylic acid groups (broad SMARTS) is 1. The van der Waals surface area contributed by atoms with Gasteiger partial charge in [0.1, 0.15) is 17.9 Å². The number of methoxy groups -OCH3 is 5. The van der Waals surface area contributed by atoms with Crippen LogP contribution in [0.4, 0.5) is 0 Å². The van der Waals surface area contributed by atoms with Crippen LogP contribution in [0.25, 0.3) is 0 Å². The highest BCUT2D eigenvalue weighted by atomic mass is 16.5. The molecular weight excluding hydrogens is 658 g/mol. The van der Waals surface area contributed by atoms with Crippen LogP contribution in [0, 0.1) is 0 Å². The highest BCUT2D eigenvalue weighted by molar-refractivity contribution is 5.89. The lowest BCUT2D eigenvalue weighted by Gasteiger charge is -2.37. The molecule has 51 heavy (non-hydrogen) atoms. The Hall–Kier alpha value is -5.39. The van der Waals surface area contributed by atoms with Gasteiger partial charge in [-0.2, -0.15) is 0 Å². The summed E-state index contributed by atoms with van der Waals surface area (Å²) in [6, 6.07) is 15.1. The first-order chi connectivity index (χ1) is 24.7. The first-order valence-corrected chi connectivity index (χ1v) is 16.7. The zero-order chi connectivity index (χ0) is 36.9. The molecule has 12 heteroatoms. The summed E-state index contributed by atoms with van der Waals surface area (Å²) in [6.07, 6.45) is 4.05. The molecule has 4 rings (SSSR count). The molecule has 0 saturated carbocycles. The quantitative estimate of drug-likeness (QED) is 0.120. The van der Waals surface area contributed by atoms with Crippen LogP contribution in [0.15, 0.2) is 67.3 Å². The zero-order valence-electron chi connectivity index (χ0n) is 29.8. The Kier molecular flexibility index (Phi) is 14.0. The SMILES string of the molecule is C=CCC(C(=O)N1CCCCC1C(=O)O[C@H](CCc1ccc(OC)c(OC)c1)c1cccc(OCC(=O)O)c1)c1cc(OC)c(OC)c(OC)c1. The van der Waals surface area contributed by atoms with Crippen molar-refractivity contribution in [3.8, 4) is 34.5 Å². The largest absolute Gasteiger partial charge is 0.493 e. The number of aliphatic carboxylic acids is 1. The number of amides is 1. The molecule has 2 unspecified atom stereocenters. The van der Waals surface area contributed by atoms with Gasteiger partial charge in [-0.25, -0.2) is 9.59 Å². The van der Waals surface area contributed by atoms with Gasteiger partial charge < -0.3 is 43.2 Å². The average molecular weight is 706 g/mol. The Labute approximate surface area is 298 Å². The van der Waals surface area contributed by atoms with E-state index in [0.29, 0.717) is 77.9 Å². The van der Waals surface area contributed by atoms with Crippen molar-refractivity contribution in [3.63, 3.8) is 0 Å². The number of esters is 1. The number of benzene rings is 3. The summed E-state index contributed by atoms with van der Waals surface area (Å²) in [7, 11) is 7.66. The average Bonchev–Trinajstić information content (AvgIpc) is 3.16. The van der Waals surface area contributed by atoms with E-state index < -0.39 is 36.6 Å². The van der Waals surface area contributed by atoms with Gasteiger partial charge >= 0.3 is 11.9 Å². The maximum absolute atomic E-state index is 14.4. The van der Waals surface area contributed by atoms with Gasteiger partial charge in [-0.3, -0.25) is 4.79 Å². The van der Waals surface area contributed by atoms with Crippen molar-refractivity contribution in [1.82, 2.24) is 4.90 Å². The van der Waals surface area contributed by atoms with Gasteiger partial charge in [-0.15, -0.1) is 6.58 Å². The van der Waals surface area contributed by atoms with Gasteiger partial charge in [0.25, 0.3) is 0 Å². The fraction of sp³-hybridized carbons (Fsp3) is 0.410. The van der Waals surface area contributed by atoms with Crippen LogP contribution < -0.4 is 28.4 Å². The molecule has 12 nitrogen and oxygen atoms in total. The van der Waals surface area contributed by atoms with Crippen molar-refractivity contribution in [1.29, 1.82) is 0 Å². The van der Waals surface area contributed by atoms with E-state index in [0.717, 1.165) is 18.4 Å². The molecule has 1 saturated heterocycles. The standard InChI is InChI=1S/C39H47NO11/c1-7-11-29(27-22-34(47-4)37(49-6)35(23-27)48-5)38(43)40-19-9-8-14-30(40)39(44)51-31(26-12-10-13-28(21-26)50-24-36(41)42)17-15-25-16-18-32(45-2)33(20-25)46-3/h7,10,12-13,16,18,20-23,29-31H,1,8-9,11,14-15,17,19,24H2,2-6H3,(H,41,42)/t29?,30?,31-/m1/s1. The highest BCUT2D eigenvalue weighted by Gasteiger charge is 2.38. The summed E-state index contributed by atoms with van der Waals surface area (Å²) < 4.78 is 39.1. The Morgan fingerprint density at radius 3 is 2.20 bits per heavy atom. The Morgan fingerprint density at radius 2 is 1.57 bits per heavy atom. The maximum Gasteiger partial charge on any atom is 0.341 e. The molecular formula is C39H47NO11. The molecule has 3 atom stereocenters. The molecule has 3 aromatic carbocycles. The lowest BCUT2D eigenvalue weighted by Crippen LogP contribution is -2.50. The molecule has 0 aromatic heterocycles. The van der Waals surface area contributed by atoms with E-state index in [1.54, 1.807) is 61.6 Å². The van der Waals surface area contributed by atoms with E-state index in [2.05, 4.69) is 6.58 Å². The van der Waals surface area contributed by atoms with Crippen molar-refractivity contribution in [2.45, 2.75) is 56.6 Å². The Bertz CT molecular complexity index is 1650. The highest BCUT2D eigenvalue weighted by Crippen LogP contribution is 2.42. The van der Waals surface area contributed by atoms with Crippen LogP contribution in [0.1, 0.15) is 60.8 Å². The Balaban J connectivity index is 1.63. The van der Waals surface area contributed by atoms with Gasteiger partial charge in [0.15, 0.2) is 29.6 Å². The third-order valence-corrected chi connectivity index (χ3v) is 8.84. The van der Waals surface area contributed by atoms with Gasteiger partial charge in [-0.05, 0) is 91.6 Å². The molecule has 0 radical (unpaired) electrons. The number of rotatable bonds is 18. The number of carbonyl (C=O) groups is 3. The predicted octanol–water partition coefficient (Wildman–Crippen LogP) is 6.15. The normalized spacial score (nSPS) is 15.2. The number of nitrogens with zero attached hydrogens (tertiary/aromatic N) is 1. The first kappa shape index (κ1) is 38.4. The molecule has 0 bridgehead atoms. The number of ether oxygens (including phenoxy) is 7. The molecule has 1 heterocycles. The number of piperidine rings is 1. The fourth-order valence-corrected chi connectivity index (χ4v) is 6.29. The number of carboxylic acids is 1. The van der Waals surface area contributed by atoms with E-state index in [-0.39, 0.29) is 5.91 Å². The second-order valence-electron chi connectivity index (χ2n) is 12.0. The van der Waals surface area contributed by atoms with Crippen molar-refractivity contribution >= 4 is 17.8 Å². The van der Waals surface area contributed by atoms with Crippen LogP contribution >= 0.6 is 0 Å². The van der Waals surface area contributed by atoms with Gasteiger partial charge in [0.05, 0.1) is 41.5 Å². The number of allylic oxidation sites excluding steroid dienone is 1. The van der Waals surface area contributed by atoms with Crippen LogP contribution in [-0.2, 0) is 25.5 Å². The molecule has 0 spiro atoms. The van der Waals surface area contributed by atoms with Crippen LogP contribution in [0.3, 0.4) is 0 Å². The summed E-state index contributed by atoms with van der Waals surface area (Å²) in [5.74, 6) is 0.176. The molecule has 1 aliphatic rings. The molecule has 1 aliphatic heterocycles. The number of hydrogen-bond donors (Lipinski definition) is 1. The van der Waals surface area contributed by atoms with E-state index in [4.69, 9.17) is 38.3 Å². The minimum Gasteiger partial charge on any atom is -0.493 e. The van der Waals surface area contributed by atoms with Gasteiger partial charge in [-0.1, -0.05) is 24.3 Å². The summed E-state index contributed by atoms with van der Waals surface area (Å²) >= 11 is 0. The first-order valence-electron chi connectivity index (χ1n) is 16.7. The summed E-state index contributed by atoms with van der Waals surface area (Å²) in [5, 5.41) is 9.13. The monoisotopic (exact) mass is 705 g/mol. The fourth-order valence-electron chi connectivity index (χ4n) is 6.29. The second kappa shape index (κ2) is 18.6. The second-order valence-corrected chi connectivity index (χ2v) is 12.0. The molecule has 0 aliphatic carbocycles. The third-order valence-electron chi connectivity index (χ3n) is 8.84. The number of likely N-dealkylation sites (tertiary alicyclic amines) is 1.